The normalized spacial score (nSPS) is 21.1. The average Bonchev–Trinajstić information content (AvgIpc) is 2.44. The van der Waals surface area contributed by atoms with Crippen molar-refractivity contribution in [3.8, 4) is 5.75 Å². The molecule has 0 bridgehead atoms. The highest BCUT2D eigenvalue weighted by Crippen LogP contribution is 2.39. The quantitative estimate of drug-likeness (QED) is 0.860. The third kappa shape index (κ3) is 2.73. The van der Waals surface area contributed by atoms with Crippen molar-refractivity contribution in [2.24, 2.45) is 0 Å². The molecule has 0 amide bonds. The largest absolute Gasteiger partial charge is 0.497 e. The van der Waals surface area contributed by atoms with Gasteiger partial charge < -0.3 is 10.1 Å². The summed E-state index contributed by atoms with van der Waals surface area (Å²) in [7, 11) is 1.70. The third-order valence-corrected chi connectivity index (χ3v) is 4.12. The van der Waals surface area contributed by atoms with Crippen molar-refractivity contribution < 1.29 is 4.74 Å². The van der Waals surface area contributed by atoms with Crippen LogP contribution in [0.25, 0.3) is 0 Å². The number of nitrogens with one attached hydrogen (secondary N) is 1. The molecule has 1 aliphatic carbocycles. The molecular weight excluding hydrogens is 272 g/mol. The van der Waals surface area contributed by atoms with Crippen LogP contribution in [0.4, 0.5) is 5.69 Å². The van der Waals surface area contributed by atoms with E-state index in [1.165, 1.54) is 5.56 Å². The lowest BCUT2D eigenvalue weighted by molar-refractivity contribution is 0.370. The maximum atomic E-state index is 6.05. The van der Waals surface area contributed by atoms with Crippen LogP contribution in [0.5, 0.6) is 5.75 Å². The third-order valence-electron chi connectivity index (χ3n) is 3.82. The molecule has 1 saturated carbocycles. The maximum absolute atomic E-state index is 6.05. The first-order valence-corrected chi connectivity index (χ1v) is 7.15. The van der Waals surface area contributed by atoms with Gasteiger partial charge in [0.25, 0.3) is 0 Å². The summed E-state index contributed by atoms with van der Waals surface area (Å²) >= 11 is 6.05. The zero-order valence-corrected chi connectivity index (χ0v) is 12.1. The minimum atomic E-state index is 0.466. The van der Waals surface area contributed by atoms with Gasteiger partial charge in [-0.25, -0.2) is 4.98 Å². The zero-order valence-electron chi connectivity index (χ0n) is 11.3. The number of aromatic nitrogens is 1. The van der Waals surface area contributed by atoms with Crippen LogP contribution in [0.3, 0.4) is 0 Å². The van der Waals surface area contributed by atoms with Gasteiger partial charge in [0.05, 0.1) is 12.8 Å². The van der Waals surface area contributed by atoms with Gasteiger partial charge in [-0.2, -0.15) is 0 Å². The second-order valence-electron chi connectivity index (χ2n) is 5.13. The Hall–Kier alpha value is -1.74. The number of ether oxygens (including phenoxy) is 1. The topological polar surface area (TPSA) is 34.1 Å². The van der Waals surface area contributed by atoms with E-state index in [9.17, 15) is 0 Å². The summed E-state index contributed by atoms with van der Waals surface area (Å²) < 4.78 is 5.27. The van der Waals surface area contributed by atoms with Gasteiger partial charge in [0.2, 0.25) is 0 Å². The molecule has 0 atom stereocenters. The van der Waals surface area contributed by atoms with E-state index in [2.05, 4.69) is 22.4 Å². The van der Waals surface area contributed by atoms with Crippen molar-refractivity contribution in [3.05, 3.63) is 53.3 Å². The number of hydrogen-bond acceptors (Lipinski definition) is 3. The molecule has 3 nitrogen and oxygen atoms in total. The fourth-order valence-electron chi connectivity index (χ4n) is 2.62. The second-order valence-corrected chi connectivity index (χ2v) is 5.49. The zero-order chi connectivity index (χ0) is 13.9. The number of halogens is 1. The summed E-state index contributed by atoms with van der Waals surface area (Å²) in [6.45, 7) is 0. The Balaban J connectivity index is 1.60. The van der Waals surface area contributed by atoms with Crippen molar-refractivity contribution in [1.82, 2.24) is 4.98 Å². The molecule has 1 aliphatic rings. The molecule has 0 saturated heterocycles. The highest BCUT2D eigenvalue weighted by atomic mass is 35.5. The Morgan fingerprint density at radius 3 is 2.85 bits per heavy atom. The van der Waals surface area contributed by atoms with E-state index in [0.717, 1.165) is 24.3 Å². The molecule has 1 fully saturated rings. The molecule has 1 aromatic heterocycles. The molecular formula is C16H17ClN2O. The van der Waals surface area contributed by atoms with E-state index in [-0.39, 0.29) is 0 Å². The van der Waals surface area contributed by atoms with E-state index in [1.807, 2.05) is 24.3 Å². The van der Waals surface area contributed by atoms with Gasteiger partial charge in [-0.3, -0.25) is 0 Å². The molecule has 1 N–H and O–H groups in total. The van der Waals surface area contributed by atoms with Crippen molar-refractivity contribution >= 4 is 17.3 Å². The molecule has 0 unspecified atom stereocenters. The van der Waals surface area contributed by atoms with E-state index >= 15 is 0 Å². The SMILES string of the molecule is COc1cccc(C2CC(Nc3cccnc3Cl)C2)c1. The van der Waals surface area contributed by atoms with Crippen LogP contribution < -0.4 is 10.1 Å². The minimum absolute atomic E-state index is 0.466. The van der Waals surface area contributed by atoms with Crippen molar-refractivity contribution in [2.75, 3.05) is 12.4 Å². The molecule has 0 aliphatic heterocycles. The standard InChI is InChI=1S/C16H17ClN2O/c1-20-14-5-2-4-11(10-14)12-8-13(9-12)19-15-6-3-7-18-16(15)17/h2-7,10,12-13,19H,8-9H2,1H3. The lowest BCUT2D eigenvalue weighted by atomic mass is 9.76. The van der Waals surface area contributed by atoms with Gasteiger partial charge >= 0.3 is 0 Å². The molecule has 4 heteroatoms. The van der Waals surface area contributed by atoms with Crippen molar-refractivity contribution in [3.63, 3.8) is 0 Å². The van der Waals surface area contributed by atoms with Crippen LogP contribution in [0.15, 0.2) is 42.6 Å². The van der Waals surface area contributed by atoms with Gasteiger partial charge in [0.15, 0.2) is 5.15 Å². The first-order chi connectivity index (χ1) is 9.76. The lowest BCUT2D eigenvalue weighted by Crippen LogP contribution is -2.34. The summed E-state index contributed by atoms with van der Waals surface area (Å²) in [5, 5.41) is 3.99. The van der Waals surface area contributed by atoms with E-state index < -0.39 is 0 Å². The Bertz CT molecular complexity index is 597. The molecule has 104 valence electrons. The Kier molecular flexibility index (Phi) is 3.79. The summed E-state index contributed by atoms with van der Waals surface area (Å²) in [6, 6.07) is 12.6. The number of benzene rings is 1. The summed E-state index contributed by atoms with van der Waals surface area (Å²) in [6.07, 6.45) is 3.92. The summed E-state index contributed by atoms with van der Waals surface area (Å²) in [5.74, 6) is 1.52. The van der Waals surface area contributed by atoms with Crippen molar-refractivity contribution in [1.29, 1.82) is 0 Å². The predicted octanol–water partition coefficient (Wildman–Crippen LogP) is 4.10. The molecule has 3 rings (SSSR count). The summed E-state index contributed by atoms with van der Waals surface area (Å²) in [4.78, 5) is 4.08. The molecule has 2 aromatic rings. The van der Waals surface area contributed by atoms with Gasteiger partial charge in [-0.15, -0.1) is 0 Å². The van der Waals surface area contributed by atoms with Crippen molar-refractivity contribution in [2.45, 2.75) is 24.8 Å². The van der Waals surface area contributed by atoms with Crippen LogP contribution in [-0.2, 0) is 0 Å². The molecule has 0 radical (unpaired) electrons. The summed E-state index contributed by atoms with van der Waals surface area (Å²) in [5.41, 5.74) is 2.27. The number of anilines is 1. The molecule has 0 spiro atoms. The monoisotopic (exact) mass is 288 g/mol. The Morgan fingerprint density at radius 1 is 1.25 bits per heavy atom. The number of pyridine rings is 1. The van der Waals surface area contributed by atoms with E-state index in [1.54, 1.807) is 13.3 Å². The number of nitrogens with zero attached hydrogens (tertiary/aromatic N) is 1. The van der Waals surface area contributed by atoms with Gasteiger partial charge in [0, 0.05) is 12.2 Å². The predicted molar refractivity (Wildman–Crippen MR) is 81.6 cm³/mol. The highest BCUT2D eigenvalue weighted by Gasteiger charge is 2.30. The maximum Gasteiger partial charge on any atom is 0.152 e. The van der Waals surface area contributed by atoms with Crippen LogP contribution in [-0.4, -0.2) is 18.1 Å². The minimum Gasteiger partial charge on any atom is -0.497 e. The lowest BCUT2D eigenvalue weighted by Gasteiger charge is -2.37. The highest BCUT2D eigenvalue weighted by molar-refractivity contribution is 6.31. The van der Waals surface area contributed by atoms with Gasteiger partial charge in [-0.05, 0) is 48.6 Å². The van der Waals surface area contributed by atoms with Crippen LogP contribution in [0.1, 0.15) is 24.3 Å². The van der Waals surface area contributed by atoms with Crippen LogP contribution in [0.2, 0.25) is 5.15 Å². The average molecular weight is 289 g/mol. The fourth-order valence-corrected chi connectivity index (χ4v) is 2.79. The number of methoxy groups -OCH3 is 1. The van der Waals surface area contributed by atoms with E-state index in [4.69, 9.17) is 16.3 Å². The Labute approximate surface area is 123 Å². The van der Waals surface area contributed by atoms with Gasteiger partial charge in [0.1, 0.15) is 5.75 Å². The van der Waals surface area contributed by atoms with Gasteiger partial charge in [-0.1, -0.05) is 23.7 Å². The Morgan fingerprint density at radius 2 is 2.10 bits per heavy atom. The van der Waals surface area contributed by atoms with Crippen LogP contribution in [0, 0.1) is 0 Å². The first kappa shape index (κ1) is 13.3. The smallest absolute Gasteiger partial charge is 0.152 e. The fraction of sp³-hybridized carbons (Fsp3) is 0.312. The first-order valence-electron chi connectivity index (χ1n) is 6.77. The molecule has 20 heavy (non-hydrogen) atoms. The van der Waals surface area contributed by atoms with E-state index in [0.29, 0.717) is 17.1 Å². The molecule has 1 heterocycles. The number of hydrogen-bond donors (Lipinski definition) is 1. The number of rotatable bonds is 4. The molecule has 1 aromatic carbocycles. The van der Waals surface area contributed by atoms with Crippen LogP contribution >= 0.6 is 11.6 Å². The second kappa shape index (κ2) is 5.71.